The summed E-state index contributed by atoms with van der Waals surface area (Å²) in [6, 6.07) is 6.14. The molecular weight excluding hydrogens is 244 g/mol. The van der Waals surface area contributed by atoms with Crippen molar-refractivity contribution in [3.8, 4) is 0 Å². The van der Waals surface area contributed by atoms with Gasteiger partial charge in [0.1, 0.15) is 0 Å². The van der Waals surface area contributed by atoms with Crippen LogP contribution in [0.4, 0.5) is 4.79 Å². The molecule has 0 bridgehead atoms. The first-order valence-corrected chi connectivity index (χ1v) is 6.18. The number of urea groups is 1. The molecule has 0 saturated heterocycles. The zero-order valence-corrected chi connectivity index (χ0v) is 10.4. The fraction of sp³-hybridized carbons (Fsp3) is 0.286. The third kappa shape index (κ3) is 4.46. The summed E-state index contributed by atoms with van der Waals surface area (Å²) in [7, 11) is 0. The molecule has 1 fully saturated rings. The average Bonchev–Trinajstić information content (AvgIpc) is 3.21. The third-order valence-electron chi connectivity index (χ3n) is 2.86. The van der Waals surface area contributed by atoms with E-state index in [1.165, 1.54) is 25.0 Å². The summed E-state index contributed by atoms with van der Waals surface area (Å²) in [5, 5.41) is 14.1. The lowest BCUT2D eigenvalue weighted by Crippen LogP contribution is -2.31. The number of hydrogen-bond donors (Lipinski definition) is 3. The van der Waals surface area contributed by atoms with Gasteiger partial charge in [-0.15, -0.1) is 0 Å². The van der Waals surface area contributed by atoms with E-state index in [1.54, 1.807) is 18.3 Å². The fourth-order valence-electron chi connectivity index (χ4n) is 1.55. The molecule has 5 nitrogen and oxygen atoms in total. The van der Waals surface area contributed by atoms with Crippen LogP contribution < -0.4 is 10.6 Å². The van der Waals surface area contributed by atoms with Crippen LogP contribution in [0.25, 0.3) is 0 Å². The number of carboxylic acid groups (broad SMARTS) is 1. The summed E-state index contributed by atoms with van der Waals surface area (Å²) in [5.74, 6) is -0.327. The average molecular weight is 260 g/mol. The van der Waals surface area contributed by atoms with Crippen LogP contribution in [-0.4, -0.2) is 17.1 Å². The molecule has 0 radical (unpaired) electrons. The van der Waals surface area contributed by atoms with Gasteiger partial charge in [-0.2, -0.15) is 0 Å². The zero-order valence-electron chi connectivity index (χ0n) is 10.4. The van der Waals surface area contributed by atoms with Gasteiger partial charge in [-0.1, -0.05) is 18.2 Å². The lowest BCUT2D eigenvalue weighted by molar-refractivity contribution is 0.0697. The number of benzene rings is 1. The predicted molar refractivity (Wildman–Crippen MR) is 70.6 cm³/mol. The van der Waals surface area contributed by atoms with Gasteiger partial charge in [0, 0.05) is 12.7 Å². The van der Waals surface area contributed by atoms with Crippen molar-refractivity contribution in [1.29, 1.82) is 0 Å². The van der Waals surface area contributed by atoms with E-state index in [0.717, 1.165) is 5.56 Å². The van der Waals surface area contributed by atoms with Crippen LogP contribution >= 0.6 is 0 Å². The van der Waals surface area contributed by atoms with E-state index in [1.807, 2.05) is 6.08 Å². The molecule has 1 aliphatic carbocycles. The number of carboxylic acids is 1. The van der Waals surface area contributed by atoms with Gasteiger partial charge in [0.25, 0.3) is 0 Å². The predicted octanol–water partition coefficient (Wildman–Crippen LogP) is 2.11. The highest BCUT2D eigenvalue weighted by molar-refractivity contribution is 5.87. The summed E-state index contributed by atoms with van der Waals surface area (Å²) in [6.45, 7) is 0.364. The van der Waals surface area contributed by atoms with Crippen LogP contribution in [0.2, 0.25) is 0 Å². The Morgan fingerprint density at radius 2 is 1.95 bits per heavy atom. The standard InChI is InChI=1S/C14H16N2O3/c17-13(18)12-5-3-11(4-6-12)9-16-14(19)15-8-7-10-1-2-10/h3-8,10H,1-2,9H2,(H,17,18)(H2,15,16,19)/b8-7+. The summed E-state index contributed by atoms with van der Waals surface area (Å²) >= 11 is 0. The van der Waals surface area contributed by atoms with Gasteiger partial charge in [-0.3, -0.25) is 0 Å². The highest BCUT2D eigenvalue weighted by Gasteiger charge is 2.16. The number of allylic oxidation sites excluding steroid dienone is 1. The molecule has 1 saturated carbocycles. The Bertz CT molecular complexity index is 490. The Labute approximate surface area is 111 Å². The number of aromatic carboxylic acids is 1. The quantitative estimate of drug-likeness (QED) is 0.758. The maximum absolute atomic E-state index is 11.4. The largest absolute Gasteiger partial charge is 0.478 e. The van der Waals surface area contributed by atoms with Crippen molar-refractivity contribution >= 4 is 12.0 Å². The molecule has 5 heteroatoms. The molecule has 0 spiro atoms. The molecule has 1 aromatic rings. The van der Waals surface area contributed by atoms with Crippen LogP contribution in [0.3, 0.4) is 0 Å². The van der Waals surface area contributed by atoms with Crippen molar-refractivity contribution in [3.63, 3.8) is 0 Å². The van der Waals surface area contributed by atoms with Gasteiger partial charge in [0.05, 0.1) is 5.56 Å². The van der Waals surface area contributed by atoms with Gasteiger partial charge >= 0.3 is 12.0 Å². The first-order valence-electron chi connectivity index (χ1n) is 6.18. The molecule has 3 N–H and O–H groups in total. The Hall–Kier alpha value is -2.30. The summed E-state index contributed by atoms with van der Waals surface area (Å²) in [5.41, 5.74) is 1.09. The van der Waals surface area contributed by atoms with E-state index < -0.39 is 5.97 Å². The highest BCUT2D eigenvalue weighted by atomic mass is 16.4. The number of amides is 2. The molecule has 0 unspecified atom stereocenters. The number of hydrogen-bond acceptors (Lipinski definition) is 2. The Kier molecular flexibility index (Phi) is 4.18. The third-order valence-corrected chi connectivity index (χ3v) is 2.86. The fourth-order valence-corrected chi connectivity index (χ4v) is 1.55. The maximum Gasteiger partial charge on any atom is 0.335 e. The first kappa shape index (κ1) is 13.1. The van der Waals surface area contributed by atoms with Gasteiger partial charge in [-0.05, 0) is 36.5 Å². The van der Waals surface area contributed by atoms with E-state index in [0.29, 0.717) is 12.5 Å². The van der Waals surface area contributed by atoms with Crippen molar-refractivity contribution in [2.45, 2.75) is 19.4 Å². The van der Waals surface area contributed by atoms with E-state index >= 15 is 0 Å². The molecule has 0 aromatic heterocycles. The molecule has 1 aliphatic rings. The molecule has 100 valence electrons. The van der Waals surface area contributed by atoms with Gasteiger partial charge in [-0.25, -0.2) is 9.59 Å². The van der Waals surface area contributed by atoms with Crippen LogP contribution in [0.1, 0.15) is 28.8 Å². The second kappa shape index (κ2) is 6.04. The van der Waals surface area contributed by atoms with Gasteiger partial charge in [0.15, 0.2) is 0 Å². The maximum atomic E-state index is 11.4. The second-order valence-corrected chi connectivity index (χ2v) is 4.53. The molecule has 0 aliphatic heterocycles. The highest BCUT2D eigenvalue weighted by Crippen LogP contribution is 2.29. The monoisotopic (exact) mass is 260 g/mol. The van der Waals surface area contributed by atoms with Crippen LogP contribution in [0.5, 0.6) is 0 Å². The molecule has 0 atom stereocenters. The normalized spacial score (nSPS) is 14.3. The number of nitrogens with one attached hydrogen (secondary N) is 2. The van der Waals surface area contributed by atoms with Crippen LogP contribution in [0, 0.1) is 5.92 Å². The second-order valence-electron chi connectivity index (χ2n) is 4.53. The summed E-state index contributed by atoms with van der Waals surface area (Å²) < 4.78 is 0. The van der Waals surface area contributed by atoms with E-state index in [-0.39, 0.29) is 11.6 Å². The van der Waals surface area contributed by atoms with Crippen molar-refractivity contribution in [1.82, 2.24) is 10.6 Å². The lowest BCUT2D eigenvalue weighted by atomic mass is 10.1. The molecule has 2 rings (SSSR count). The van der Waals surface area contributed by atoms with Crippen molar-refractivity contribution < 1.29 is 14.7 Å². The number of carbonyl (C=O) groups excluding carboxylic acids is 1. The van der Waals surface area contributed by atoms with Gasteiger partial charge in [0.2, 0.25) is 0 Å². The minimum absolute atomic E-state index is 0.237. The Morgan fingerprint density at radius 3 is 2.53 bits per heavy atom. The topological polar surface area (TPSA) is 78.4 Å². The van der Waals surface area contributed by atoms with Crippen LogP contribution in [-0.2, 0) is 6.54 Å². The van der Waals surface area contributed by atoms with E-state index in [4.69, 9.17) is 5.11 Å². The minimum atomic E-state index is -0.956. The van der Waals surface area contributed by atoms with E-state index in [2.05, 4.69) is 10.6 Å². The van der Waals surface area contributed by atoms with Gasteiger partial charge < -0.3 is 15.7 Å². The summed E-state index contributed by atoms with van der Waals surface area (Å²) in [6.07, 6.45) is 6.06. The van der Waals surface area contributed by atoms with Crippen LogP contribution in [0.15, 0.2) is 36.5 Å². The zero-order chi connectivity index (χ0) is 13.7. The number of carbonyl (C=O) groups is 2. The van der Waals surface area contributed by atoms with Crippen molar-refractivity contribution in [2.75, 3.05) is 0 Å². The SMILES string of the molecule is O=C(N/C=C/C1CC1)NCc1ccc(C(=O)O)cc1. The minimum Gasteiger partial charge on any atom is -0.478 e. The molecular formula is C14H16N2O3. The Morgan fingerprint density at radius 1 is 1.26 bits per heavy atom. The van der Waals surface area contributed by atoms with Crippen molar-refractivity contribution in [3.05, 3.63) is 47.7 Å². The first-order chi connectivity index (χ1) is 9.15. The molecule has 0 heterocycles. The molecule has 19 heavy (non-hydrogen) atoms. The Balaban J connectivity index is 1.74. The van der Waals surface area contributed by atoms with Crippen molar-refractivity contribution in [2.24, 2.45) is 5.92 Å². The molecule has 1 aromatic carbocycles. The lowest BCUT2D eigenvalue weighted by Gasteiger charge is -2.05. The summed E-state index contributed by atoms with van der Waals surface area (Å²) in [4.78, 5) is 22.1. The smallest absolute Gasteiger partial charge is 0.335 e. The van der Waals surface area contributed by atoms with E-state index in [9.17, 15) is 9.59 Å². The molecule has 2 amide bonds. The number of rotatable bonds is 5.